The fraction of sp³-hybridized carbons (Fsp3) is 0.429. The number of nitrogens with zero attached hydrogens (tertiary/aromatic N) is 2. The molecule has 1 rings (SSSR count). The first kappa shape index (κ1) is 15.1. The van der Waals surface area contributed by atoms with Crippen LogP contribution < -0.4 is 5.32 Å². The van der Waals surface area contributed by atoms with Gasteiger partial charge in [-0.15, -0.1) is 0 Å². The number of nitrogens with one attached hydrogen (secondary N) is 1. The predicted octanol–water partition coefficient (Wildman–Crippen LogP) is 1.66. The van der Waals surface area contributed by atoms with Crippen LogP contribution in [0.25, 0.3) is 0 Å². The van der Waals surface area contributed by atoms with Gasteiger partial charge >= 0.3 is 0 Å². The highest BCUT2D eigenvalue weighted by atomic mass is 19.1. The molecule has 0 fully saturated rings. The van der Waals surface area contributed by atoms with Gasteiger partial charge in [-0.1, -0.05) is 6.92 Å². The summed E-state index contributed by atoms with van der Waals surface area (Å²) in [7, 11) is 1.57. The largest absolute Gasteiger partial charge is 0.358 e. The van der Waals surface area contributed by atoms with Crippen LogP contribution >= 0.6 is 0 Å². The third-order valence-corrected chi connectivity index (χ3v) is 2.75. The molecule has 1 N–H and O–H groups in total. The third kappa shape index (κ3) is 4.68. The first-order valence-electron chi connectivity index (χ1n) is 6.22. The van der Waals surface area contributed by atoms with Gasteiger partial charge in [0.15, 0.2) is 0 Å². The Kier molecular flexibility index (Phi) is 5.97. The van der Waals surface area contributed by atoms with Crippen LogP contribution in [0.1, 0.15) is 24.5 Å². The number of hydrogen-bond acceptors (Lipinski definition) is 3. The zero-order valence-corrected chi connectivity index (χ0v) is 11.2. The normalized spacial score (nSPS) is 10.3. The van der Waals surface area contributed by atoms with E-state index in [1.807, 2.05) is 17.9 Å². The molecule has 0 radical (unpaired) electrons. The van der Waals surface area contributed by atoms with E-state index in [1.165, 1.54) is 18.2 Å². The van der Waals surface area contributed by atoms with Crippen molar-refractivity contribution in [2.75, 3.05) is 20.1 Å². The summed E-state index contributed by atoms with van der Waals surface area (Å²) in [4.78, 5) is 13.3. The van der Waals surface area contributed by atoms with Gasteiger partial charge in [0, 0.05) is 19.2 Å². The fourth-order valence-corrected chi connectivity index (χ4v) is 1.82. The van der Waals surface area contributed by atoms with Gasteiger partial charge in [0.1, 0.15) is 5.82 Å². The number of rotatable bonds is 6. The van der Waals surface area contributed by atoms with Crippen molar-refractivity contribution in [1.82, 2.24) is 10.2 Å². The summed E-state index contributed by atoms with van der Waals surface area (Å²) < 4.78 is 13.7. The maximum absolute atomic E-state index is 13.7. The lowest BCUT2D eigenvalue weighted by Gasteiger charge is -2.21. The molecule has 0 unspecified atom stereocenters. The SMILES string of the molecule is CCCN(CC(=O)NC)Cc1cc(C#N)ccc1F. The van der Waals surface area contributed by atoms with Gasteiger partial charge in [-0.3, -0.25) is 9.69 Å². The molecular formula is C14H18FN3O. The average molecular weight is 263 g/mol. The quantitative estimate of drug-likeness (QED) is 0.849. The predicted molar refractivity (Wildman–Crippen MR) is 70.7 cm³/mol. The van der Waals surface area contributed by atoms with E-state index in [0.29, 0.717) is 24.2 Å². The molecule has 0 atom stereocenters. The first-order chi connectivity index (χ1) is 9.10. The zero-order valence-electron chi connectivity index (χ0n) is 11.2. The van der Waals surface area contributed by atoms with Crippen molar-refractivity contribution in [2.24, 2.45) is 0 Å². The Hall–Kier alpha value is -1.93. The molecule has 1 aromatic carbocycles. The summed E-state index contributed by atoms with van der Waals surface area (Å²) in [5.74, 6) is -0.456. The van der Waals surface area contributed by atoms with Crippen molar-refractivity contribution in [1.29, 1.82) is 5.26 Å². The number of likely N-dealkylation sites (N-methyl/N-ethyl adjacent to an activating group) is 1. The van der Waals surface area contributed by atoms with E-state index in [-0.39, 0.29) is 18.3 Å². The summed E-state index contributed by atoms with van der Waals surface area (Å²) in [6.07, 6.45) is 0.872. The monoisotopic (exact) mass is 263 g/mol. The second-order valence-corrected chi connectivity index (χ2v) is 4.30. The molecule has 5 heteroatoms. The van der Waals surface area contributed by atoms with E-state index in [4.69, 9.17) is 5.26 Å². The van der Waals surface area contributed by atoms with Gasteiger partial charge < -0.3 is 5.32 Å². The standard InChI is InChI=1S/C14H18FN3O/c1-3-6-18(10-14(19)17-2)9-12-7-11(8-16)4-5-13(12)15/h4-5,7H,3,6,9-10H2,1-2H3,(H,17,19). The number of carbonyl (C=O) groups excluding carboxylic acids is 1. The summed E-state index contributed by atoms with van der Waals surface area (Å²) in [5.41, 5.74) is 0.865. The molecule has 0 aliphatic heterocycles. The molecule has 0 bridgehead atoms. The Morgan fingerprint density at radius 1 is 1.53 bits per heavy atom. The summed E-state index contributed by atoms with van der Waals surface area (Å²) in [6.45, 7) is 3.24. The summed E-state index contributed by atoms with van der Waals surface area (Å²) in [5, 5.41) is 11.4. The van der Waals surface area contributed by atoms with Crippen molar-refractivity contribution in [2.45, 2.75) is 19.9 Å². The number of benzene rings is 1. The third-order valence-electron chi connectivity index (χ3n) is 2.75. The van der Waals surface area contributed by atoms with Crippen LogP contribution in [0.2, 0.25) is 0 Å². The summed E-state index contributed by atoms with van der Waals surface area (Å²) in [6, 6.07) is 6.25. The molecule has 19 heavy (non-hydrogen) atoms. The average Bonchev–Trinajstić information content (AvgIpc) is 2.41. The molecule has 0 saturated carbocycles. The Bertz CT molecular complexity index is 482. The van der Waals surface area contributed by atoms with Gasteiger partial charge in [0.05, 0.1) is 18.2 Å². The van der Waals surface area contributed by atoms with E-state index in [9.17, 15) is 9.18 Å². The number of amides is 1. The van der Waals surface area contributed by atoms with E-state index in [2.05, 4.69) is 5.32 Å². The van der Waals surface area contributed by atoms with Crippen molar-refractivity contribution in [3.8, 4) is 6.07 Å². The molecule has 0 aromatic heterocycles. The van der Waals surface area contributed by atoms with Crippen LogP contribution in [0, 0.1) is 17.1 Å². The van der Waals surface area contributed by atoms with Gasteiger partial charge in [-0.05, 0) is 31.2 Å². The first-order valence-corrected chi connectivity index (χ1v) is 6.22. The topological polar surface area (TPSA) is 56.1 Å². The van der Waals surface area contributed by atoms with Crippen LogP contribution in [0.5, 0.6) is 0 Å². The van der Waals surface area contributed by atoms with Crippen LogP contribution in [0.4, 0.5) is 4.39 Å². The fourth-order valence-electron chi connectivity index (χ4n) is 1.82. The molecule has 0 aliphatic carbocycles. The van der Waals surface area contributed by atoms with Crippen LogP contribution in [-0.2, 0) is 11.3 Å². The lowest BCUT2D eigenvalue weighted by atomic mass is 10.1. The number of carbonyl (C=O) groups is 1. The lowest BCUT2D eigenvalue weighted by Crippen LogP contribution is -2.35. The maximum atomic E-state index is 13.7. The highest BCUT2D eigenvalue weighted by molar-refractivity contribution is 5.77. The van der Waals surface area contributed by atoms with Crippen LogP contribution in [-0.4, -0.2) is 30.9 Å². The molecule has 1 amide bonds. The second kappa shape index (κ2) is 7.49. The van der Waals surface area contributed by atoms with E-state index < -0.39 is 0 Å². The molecule has 0 spiro atoms. The molecule has 4 nitrogen and oxygen atoms in total. The van der Waals surface area contributed by atoms with Gasteiger partial charge in [0.2, 0.25) is 5.91 Å². The molecule has 0 aliphatic rings. The van der Waals surface area contributed by atoms with Crippen LogP contribution in [0.15, 0.2) is 18.2 Å². The van der Waals surface area contributed by atoms with E-state index >= 15 is 0 Å². The zero-order chi connectivity index (χ0) is 14.3. The number of hydrogen-bond donors (Lipinski definition) is 1. The highest BCUT2D eigenvalue weighted by Gasteiger charge is 2.12. The molecule has 0 heterocycles. The van der Waals surface area contributed by atoms with Crippen LogP contribution in [0.3, 0.4) is 0 Å². The Balaban J connectivity index is 2.83. The molecular weight excluding hydrogens is 245 g/mol. The van der Waals surface area contributed by atoms with E-state index in [0.717, 1.165) is 6.42 Å². The molecule has 102 valence electrons. The maximum Gasteiger partial charge on any atom is 0.233 e. The minimum Gasteiger partial charge on any atom is -0.358 e. The highest BCUT2D eigenvalue weighted by Crippen LogP contribution is 2.13. The van der Waals surface area contributed by atoms with Gasteiger partial charge in [-0.25, -0.2) is 4.39 Å². The van der Waals surface area contributed by atoms with Crippen molar-refractivity contribution in [3.63, 3.8) is 0 Å². The number of nitriles is 1. The lowest BCUT2D eigenvalue weighted by molar-refractivity contribution is -0.121. The van der Waals surface area contributed by atoms with E-state index in [1.54, 1.807) is 7.05 Å². The Morgan fingerprint density at radius 2 is 2.26 bits per heavy atom. The smallest absolute Gasteiger partial charge is 0.233 e. The molecule has 1 aromatic rings. The van der Waals surface area contributed by atoms with Gasteiger partial charge in [-0.2, -0.15) is 5.26 Å². The minimum atomic E-state index is -0.350. The number of halogens is 1. The van der Waals surface area contributed by atoms with Crippen molar-refractivity contribution in [3.05, 3.63) is 35.1 Å². The minimum absolute atomic E-state index is 0.106. The Morgan fingerprint density at radius 3 is 2.84 bits per heavy atom. The van der Waals surface area contributed by atoms with Crippen molar-refractivity contribution >= 4 is 5.91 Å². The Labute approximate surface area is 112 Å². The van der Waals surface area contributed by atoms with Gasteiger partial charge in [0.25, 0.3) is 0 Å². The molecule has 0 saturated heterocycles. The second-order valence-electron chi connectivity index (χ2n) is 4.30. The van der Waals surface area contributed by atoms with Crippen molar-refractivity contribution < 1.29 is 9.18 Å². The summed E-state index contributed by atoms with van der Waals surface area (Å²) >= 11 is 0.